The first-order valence-electron chi connectivity index (χ1n) is 8.27. The van der Waals surface area contributed by atoms with E-state index in [2.05, 4.69) is 19.6 Å². The largest absolute Gasteiger partial charge is 0.350 e. The Hall–Kier alpha value is -2.89. The lowest BCUT2D eigenvalue weighted by atomic mass is 10.1. The zero-order chi connectivity index (χ0) is 16.3. The second kappa shape index (κ2) is 4.80. The number of fused-ring (bicyclic) bond motifs is 4. The highest BCUT2D eigenvalue weighted by atomic mass is 16.1. The number of benzene rings is 1. The zero-order valence-corrected chi connectivity index (χ0v) is 13.4. The number of aromatic amines is 1. The molecule has 1 aliphatic rings. The predicted molar refractivity (Wildman–Crippen MR) is 92.7 cm³/mol. The standard InChI is InChI=1S/C18H17N5O/c1-11-20-15-6-5-12(8-16(15)21-11)23-18(24)14-10-22-7-3-2-4-17(22)13(14)9-19-23/h5-6,8-10H,2-4,7H2,1H3,(H,20,21). The van der Waals surface area contributed by atoms with Gasteiger partial charge < -0.3 is 9.55 Å². The number of hydrogen-bond acceptors (Lipinski definition) is 3. The Labute approximate surface area is 137 Å². The van der Waals surface area contributed by atoms with Crippen molar-refractivity contribution in [2.75, 3.05) is 0 Å². The molecule has 24 heavy (non-hydrogen) atoms. The van der Waals surface area contributed by atoms with Gasteiger partial charge in [0, 0.05) is 23.8 Å². The molecule has 0 saturated carbocycles. The third kappa shape index (κ3) is 1.86. The maximum absolute atomic E-state index is 12.9. The molecule has 0 fully saturated rings. The van der Waals surface area contributed by atoms with Crippen molar-refractivity contribution in [1.29, 1.82) is 0 Å². The molecule has 4 aromatic rings. The third-order valence-corrected chi connectivity index (χ3v) is 4.85. The Morgan fingerprint density at radius 1 is 1.21 bits per heavy atom. The van der Waals surface area contributed by atoms with E-state index in [1.54, 1.807) is 0 Å². The summed E-state index contributed by atoms with van der Waals surface area (Å²) in [5.41, 5.74) is 3.74. The topological polar surface area (TPSA) is 68.5 Å². The first-order valence-corrected chi connectivity index (χ1v) is 8.27. The number of nitrogens with one attached hydrogen (secondary N) is 1. The van der Waals surface area contributed by atoms with Crippen molar-refractivity contribution in [2.24, 2.45) is 0 Å². The van der Waals surface area contributed by atoms with E-state index in [0.717, 1.165) is 46.3 Å². The average Bonchev–Trinajstić information content (AvgIpc) is 3.14. The highest BCUT2D eigenvalue weighted by Gasteiger charge is 2.17. The van der Waals surface area contributed by atoms with Crippen LogP contribution in [0.4, 0.5) is 0 Å². The second-order valence-electron chi connectivity index (χ2n) is 6.44. The normalized spacial score (nSPS) is 14.4. The van der Waals surface area contributed by atoms with Gasteiger partial charge in [-0.25, -0.2) is 4.98 Å². The van der Waals surface area contributed by atoms with E-state index in [0.29, 0.717) is 0 Å². The van der Waals surface area contributed by atoms with Crippen LogP contribution in [-0.2, 0) is 13.0 Å². The molecule has 1 aromatic carbocycles. The highest BCUT2D eigenvalue weighted by Crippen LogP contribution is 2.24. The number of H-pyrrole nitrogens is 1. The first-order chi connectivity index (χ1) is 11.7. The van der Waals surface area contributed by atoms with Crippen LogP contribution in [0.1, 0.15) is 24.4 Å². The summed E-state index contributed by atoms with van der Waals surface area (Å²) in [5, 5.41) is 6.17. The molecule has 0 amide bonds. The minimum atomic E-state index is -0.0648. The number of aryl methyl sites for hydroxylation is 3. The smallest absolute Gasteiger partial charge is 0.280 e. The molecule has 1 aliphatic heterocycles. The number of hydrogen-bond donors (Lipinski definition) is 1. The molecule has 3 aromatic heterocycles. The Kier molecular flexibility index (Phi) is 2.71. The number of aromatic nitrogens is 5. The van der Waals surface area contributed by atoms with E-state index in [1.165, 1.54) is 23.2 Å². The highest BCUT2D eigenvalue weighted by molar-refractivity contribution is 5.84. The van der Waals surface area contributed by atoms with Crippen LogP contribution >= 0.6 is 0 Å². The Morgan fingerprint density at radius 3 is 3.04 bits per heavy atom. The lowest BCUT2D eigenvalue weighted by molar-refractivity contribution is 0.536. The lowest BCUT2D eigenvalue weighted by Gasteiger charge is -2.14. The van der Waals surface area contributed by atoms with Crippen LogP contribution in [0, 0.1) is 6.92 Å². The Balaban J connectivity index is 1.73. The molecule has 5 rings (SSSR count). The van der Waals surface area contributed by atoms with Crippen molar-refractivity contribution in [1.82, 2.24) is 24.3 Å². The van der Waals surface area contributed by atoms with Gasteiger partial charge in [0.1, 0.15) is 5.82 Å². The molecule has 0 saturated heterocycles. The summed E-state index contributed by atoms with van der Waals surface area (Å²) in [5.74, 6) is 0.859. The van der Waals surface area contributed by atoms with Gasteiger partial charge in [-0.05, 0) is 44.4 Å². The fourth-order valence-electron chi connectivity index (χ4n) is 3.70. The van der Waals surface area contributed by atoms with Gasteiger partial charge in [0.2, 0.25) is 0 Å². The molecule has 120 valence electrons. The van der Waals surface area contributed by atoms with Gasteiger partial charge in [-0.1, -0.05) is 0 Å². The van der Waals surface area contributed by atoms with E-state index in [4.69, 9.17) is 0 Å². The lowest BCUT2D eigenvalue weighted by Crippen LogP contribution is -2.20. The quantitative estimate of drug-likeness (QED) is 0.586. The Bertz CT molecular complexity index is 1150. The summed E-state index contributed by atoms with van der Waals surface area (Å²) in [6.07, 6.45) is 7.19. The molecular formula is C18H17N5O. The number of imidazole rings is 1. The molecule has 0 unspecified atom stereocenters. The van der Waals surface area contributed by atoms with E-state index in [9.17, 15) is 4.79 Å². The van der Waals surface area contributed by atoms with Crippen LogP contribution in [0.5, 0.6) is 0 Å². The van der Waals surface area contributed by atoms with Crippen molar-refractivity contribution in [2.45, 2.75) is 32.7 Å². The van der Waals surface area contributed by atoms with Crippen LogP contribution in [-0.4, -0.2) is 24.3 Å². The monoisotopic (exact) mass is 319 g/mol. The summed E-state index contributed by atoms with van der Waals surface area (Å²) < 4.78 is 3.69. The molecule has 0 atom stereocenters. The summed E-state index contributed by atoms with van der Waals surface area (Å²) in [7, 11) is 0. The predicted octanol–water partition coefficient (Wildman–Crippen LogP) is 2.71. The zero-order valence-electron chi connectivity index (χ0n) is 13.4. The van der Waals surface area contributed by atoms with Crippen LogP contribution in [0.25, 0.3) is 27.5 Å². The average molecular weight is 319 g/mol. The molecule has 6 heteroatoms. The van der Waals surface area contributed by atoms with E-state index < -0.39 is 0 Å². The minimum absolute atomic E-state index is 0.0648. The van der Waals surface area contributed by atoms with Crippen molar-refractivity contribution in [3.05, 3.63) is 52.5 Å². The van der Waals surface area contributed by atoms with Crippen molar-refractivity contribution < 1.29 is 0 Å². The van der Waals surface area contributed by atoms with Crippen molar-refractivity contribution in [3.63, 3.8) is 0 Å². The maximum Gasteiger partial charge on any atom is 0.280 e. The fraction of sp³-hybridized carbons (Fsp3) is 0.278. The van der Waals surface area contributed by atoms with Crippen LogP contribution in [0.3, 0.4) is 0 Å². The van der Waals surface area contributed by atoms with Gasteiger partial charge in [0.25, 0.3) is 5.56 Å². The van der Waals surface area contributed by atoms with Gasteiger partial charge in [-0.15, -0.1) is 0 Å². The fourth-order valence-corrected chi connectivity index (χ4v) is 3.70. The molecule has 1 N–H and O–H groups in total. The summed E-state index contributed by atoms with van der Waals surface area (Å²) in [4.78, 5) is 20.6. The van der Waals surface area contributed by atoms with Gasteiger partial charge in [-0.3, -0.25) is 4.79 Å². The van der Waals surface area contributed by atoms with E-state index in [1.807, 2.05) is 37.5 Å². The summed E-state index contributed by atoms with van der Waals surface area (Å²) >= 11 is 0. The van der Waals surface area contributed by atoms with Gasteiger partial charge >= 0.3 is 0 Å². The summed E-state index contributed by atoms with van der Waals surface area (Å²) in [6.45, 7) is 2.91. The van der Waals surface area contributed by atoms with Gasteiger partial charge in [0.05, 0.1) is 28.3 Å². The minimum Gasteiger partial charge on any atom is -0.350 e. The molecular weight excluding hydrogens is 302 g/mol. The molecule has 0 radical (unpaired) electrons. The molecule has 4 heterocycles. The van der Waals surface area contributed by atoms with Crippen LogP contribution in [0.15, 0.2) is 35.4 Å². The van der Waals surface area contributed by atoms with Crippen molar-refractivity contribution in [3.8, 4) is 5.69 Å². The van der Waals surface area contributed by atoms with Crippen LogP contribution < -0.4 is 5.56 Å². The van der Waals surface area contributed by atoms with Gasteiger partial charge in [-0.2, -0.15) is 9.78 Å². The SMILES string of the molecule is Cc1nc2ccc(-n3ncc4c5n(cc4c3=O)CCCC5)cc2[nH]1. The van der Waals surface area contributed by atoms with E-state index >= 15 is 0 Å². The molecule has 0 bridgehead atoms. The molecule has 0 spiro atoms. The first kappa shape index (κ1) is 13.5. The number of rotatable bonds is 1. The number of nitrogens with zero attached hydrogens (tertiary/aromatic N) is 4. The maximum atomic E-state index is 12.9. The second-order valence-corrected chi connectivity index (χ2v) is 6.44. The van der Waals surface area contributed by atoms with Crippen molar-refractivity contribution >= 4 is 21.8 Å². The summed E-state index contributed by atoms with van der Waals surface area (Å²) in [6, 6.07) is 5.72. The van der Waals surface area contributed by atoms with Gasteiger partial charge in [0.15, 0.2) is 0 Å². The van der Waals surface area contributed by atoms with Crippen LogP contribution in [0.2, 0.25) is 0 Å². The molecule has 0 aliphatic carbocycles. The third-order valence-electron chi connectivity index (χ3n) is 4.85. The Morgan fingerprint density at radius 2 is 2.12 bits per heavy atom. The molecule has 6 nitrogen and oxygen atoms in total. The van der Waals surface area contributed by atoms with E-state index in [-0.39, 0.29) is 5.56 Å².